The summed E-state index contributed by atoms with van der Waals surface area (Å²) in [6.07, 6.45) is 0.521. The Morgan fingerprint density at radius 3 is 2.56 bits per heavy atom. The van der Waals surface area contributed by atoms with Crippen LogP contribution >= 0.6 is 0 Å². The SMILES string of the molecule is CCC(=O)c1ccc(CN=C(N)N)c(C)c1. The topological polar surface area (TPSA) is 81.5 Å². The number of ketones is 1. The molecule has 0 aliphatic rings. The number of carbonyl (C=O) groups excluding carboxylic acids is 1. The third kappa shape index (κ3) is 3.08. The minimum absolute atomic E-state index is 0.0770. The van der Waals surface area contributed by atoms with Crippen molar-refractivity contribution in [3.8, 4) is 0 Å². The highest BCUT2D eigenvalue weighted by atomic mass is 16.1. The second-order valence-corrected chi connectivity index (χ2v) is 3.66. The monoisotopic (exact) mass is 219 g/mol. The van der Waals surface area contributed by atoms with Crippen LogP contribution in [-0.2, 0) is 6.54 Å². The van der Waals surface area contributed by atoms with Gasteiger partial charge in [0.2, 0.25) is 0 Å². The van der Waals surface area contributed by atoms with Crippen LogP contribution in [0.3, 0.4) is 0 Å². The Kier molecular flexibility index (Phi) is 4.05. The second kappa shape index (κ2) is 5.30. The molecule has 4 N–H and O–H groups in total. The summed E-state index contributed by atoms with van der Waals surface area (Å²) in [5.41, 5.74) is 13.3. The van der Waals surface area contributed by atoms with Crippen molar-refractivity contribution < 1.29 is 4.79 Å². The molecular formula is C12H17N3O. The van der Waals surface area contributed by atoms with Crippen LogP contribution < -0.4 is 11.5 Å². The fourth-order valence-corrected chi connectivity index (χ4v) is 1.43. The Labute approximate surface area is 95.4 Å². The summed E-state index contributed by atoms with van der Waals surface area (Å²) in [7, 11) is 0. The molecule has 4 nitrogen and oxygen atoms in total. The average Bonchev–Trinajstić information content (AvgIpc) is 2.26. The first-order valence-electron chi connectivity index (χ1n) is 5.22. The molecule has 0 saturated heterocycles. The zero-order valence-electron chi connectivity index (χ0n) is 9.66. The zero-order valence-corrected chi connectivity index (χ0v) is 9.66. The number of carbonyl (C=O) groups is 1. The number of hydrogen-bond acceptors (Lipinski definition) is 2. The third-order valence-electron chi connectivity index (χ3n) is 2.42. The van der Waals surface area contributed by atoms with Crippen molar-refractivity contribution in [3.05, 3.63) is 34.9 Å². The summed E-state index contributed by atoms with van der Waals surface area (Å²) in [6.45, 7) is 4.25. The van der Waals surface area contributed by atoms with E-state index in [4.69, 9.17) is 11.5 Å². The molecule has 0 spiro atoms. The molecule has 0 heterocycles. The summed E-state index contributed by atoms with van der Waals surface area (Å²) >= 11 is 0. The highest BCUT2D eigenvalue weighted by Gasteiger charge is 2.05. The molecule has 1 aromatic carbocycles. The molecule has 0 aliphatic heterocycles. The van der Waals surface area contributed by atoms with Gasteiger partial charge in [0.15, 0.2) is 11.7 Å². The largest absolute Gasteiger partial charge is 0.370 e. The first-order chi connectivity index (χ1) is 7.54. The van der Waals surface area contributed by atoms with Crippen molar-refractivity contribution in [2.45, 2.75) is 26.8 Å². The smallest absolute Gasteiger partial charge is 0.186 e. The fraction of sp³-hybridized carbons (Fsp3) is 0.333. The number of guanidine groups is 1. The van der Waals surface area contributed by atoms with E-state index in [0.717, 1.165) is 16.7 Å². The molecule has 0 bridgehead atoms. The van der Waals surface area contributed by atoms with E-state index in [-0.39, 0.29) is 11.7 Å². The van der Waals surface area contributed by atoms with Gasteiger partial charge in [0.05, 0.1) is 6.54 Å². The van der Waals surface area contributed by atoms with Gasteiger partial charge in [-0.05, 0) is 24.1 Å². The number of hydrogen-bond donors (Lipinski definition) is 2. The van der Waals surface area contributed by atoms with Crippen molar-refractivity contribution in [2.75, 3.05) is 0 Å². The summed E-state index contributed by atoms with van der Waals surface area (Å²) in [4.78, 5) is 15.4. The van der Waals surface area contributed by atoms with Crippen LogP contribution in [0.25, 0.3) is 0 Å². The molecule has 16 heavy (non-hydrogen) atoms. The molecule has 1 aromatic rings. The number of Topliss-reactive ketones (excluding diaryl/α,β-unsaturated/α-hetero) is 1. The number of nitrogens with zero attached hydrogens (tertiary/aromatic N) is 1. The summed E-state index contributed by atoms with van der Waals surface area (Å²) < 4.78 is 0. The lowest BCUT2D eigenvalue weighted by Gasteiger charge is -2.05. The maximum absolute atomic E-state index is 11.5. The van der Waals surface area contributed by atoms with Gasteiger partial charge in [-0.1, -0.05) is 19.1 Å². The molecule has 86 valence electrons. The Morgan fingerprint density at radius 2 is 2.06 bits per heavy atom. The molecule has 0 aliphatic carbocycles. The van der Waals surface area contributed by atoms with Crippen molar-refractivity contribution in [1.82, 2.24) is 0 Å². The molecule has 4 heteroatoms. The van der Waals surface area contributed by atoms with Gasteiger partial charge in [0.1, 0.15) is 0 Å². The first kappa shape index (κ1) is 12.2. The molecule has 1 rings (SSSR count). The van der Waals surface area contributed by atoms with Crippen LogP contribution in [0.15, 0.2) is 23.2 Å². The van der Waals surface area contributed by atoms with E-state index in [0.29, 0.717) is 13.0 Å². The van der Waals surface area contributed by atoms with E-state index in [1.54, 1.807) is 0 Å². The minimum atomic E-state index is 0.0770. The minimum Gasteiger partial charge on any atom is -0.370 e. The van der Waals surface area contributed by atoms with Gasteiger partial charge in [0.25, 0.3) is 0 Å². The Balaban J connectivity index is 2.91. The molecule has 0 saturated carbocycles. The van der Waals surface area contributed by atoms with Gasteiger partial charge >= 0.3 is 0 Å². The van der Waals surface area contributed by atoms with Crippen molar-refractivity contribution in [2.24, 2.45) is 16.5 Å². The zero-order chi connectivity index (χ0) is 12.1. The number of benzene rings is 1. The molecular weight excluding hydrogens is 202 g/mol. The summed E-state index contributed by atoms with van der Waals surface area (Å²) in [6, 6.07) is 5.59. The van der Waals surface area contributed by atoms with Crippen LogP contribution in [0.5, 0.6) is 0 Å². The number of rotatable bonds is 4. The Morgan fingerprint density at radius 1 is 1.38 bits per heavy atom. The highest BCUT2D eigenvalue weighted by Crippen LogP contribution is 2.13. The lowest BCUT2D eigenvalue weighted by molar-refractivity contribution is 0.0988. The van der Waals surface area contributed by atoms with Gasteiger partial charge in [-0.2, -0.15) is 0 Å². The summed E-state index contributed by atoms with van der Waals surface area (Å²) in [5.74, 6) is 0.226. The second-order valence-electron chi connectivity index (χ2n) is 3.66. The molecule has 0 atom stereocenters. The van der Waals surface area contributed by atoms with Crippen molar-refractivity contribution >= 4 is 11.7 Å². The number of nitrogens with two attached hydrogens (primary N) is 2. The predicted molar refractivity (Wildman–Crippen MR) is 65.3 cm³/mol. The van der Waals surface area contributed by atoms with Gasteiger partial charge in [-0.25, -0.2) is 4.99 Å². The van der Waals surface area contributed by atoms with E-state index >= 15 is 0 Å². The van der Waals surface area contributed by atoms with Gasteiger partial charge in [-0.3, -0.25) is 4.79 Å². The van der Waals surface area contributed by atoms with Crippen LogP contribution in [0, 0.1) is 6.92 Å². The maximum Gasteiger partial charge on any atom is 0.186 e. The lowest BCUT2D eigenvalue weighted by atomic mass is 10.0. The Bertz CT molecular complexity index is 420. The average molecular weight is 219 g/mol. The maximum atomic E-state index is 11.5. The highest BCUT2D eigenvalue weighted by molar-refractivity contribution is 5.96. The van der Waals surface area contributed by atoms with Crippen LogP contribution in [-0.4, -0.2) is 11.7 Å². The molecule has 0 unspecified atom stereocenters. The third-order valence-corrected chi connectivity index (χ3v) is 2.42. The van der Waals surface area contributed by atoms with Gasteiger partial charge in [0, 0.05) is 12.0 Å². The predicted octanol–water partition coefficient (Wildman–Crippen LogP) is 1.36. The normalized spacial score (nSPS) is 9.88. The van der Waals surface area contributed by atoms with E-state index < -0.39 is 0 Å². The lowest BCUT2D eigenvalue weighted by Crippen LogP contribution is -2.22. The fourth-order valence-electron chi connectivity index (χ4n) is 1.43. The van der Waals surface area contributed by atoms with Crippen molar-refractivity contribution in [3.63, 3.8) is 0 Å². The van der Waals surface area contributed by atoms with E-state index in [1.165, 1.54) is 0 Å². The summed E-state index contributed by atoms with van der Waals surface area (Å²) in [5, 5.41) is 0. The number of aliphatic imine (C=N–C) groups is 1. The molecule has 0 fully saturated rings. The van der Waals surface area contributed by atoms with E-state index in [9.17, 15) is 4.79 Å². The van der Waals surface area contributed by atoms with Crippen LogP contribution in [0.4, 0.5) is 0 Å². The molecule has 0 radical (unpaired) electrons. The quantitative estimate of drug-likeness (QED) is 0.455. The Hall–Kier alpha value is -1.84. The number of aryl methyl sites for hydroxylation is 1. The van der Waals surface area contributed by atoms with E-state index in [2.05, 4.69) is 4.99 Å². The standard InChI is InChI=1S/C12H17N3O/c1-3-11(16)9-4-5-10(8(2)6-9)7-15-12(13)14/h4-6H,3,7H2,1-2H3,(H4,13,14,15). The molecule has 0 amide bonds. The van der Waals surface area contributed by atoms with E-state index in [1.807, 2.05) is 32.0 Å². The van der Waals surface area contributed by atoms with Crippen LogP contribution in [0.1, 0.15) is 34.8 Å². The van der Waals surface area contributed by atoms with Gasteiger partial charge in [-0.15, -0.1) is 0 Å². The van der Waals surface area contributed by atoms with Crippen LogP contribution in [0.2, 0.25) is 0 Å². The molecule has 0 aromatic heterocycles. The first-order valence-corrected chi connectivity index (χ1v) is 5.22. The van der Waals surface area contributed by atoms with Crippen molar-refractivity contribution in [1.29, 1.82) is 0 Å². The van der Waals surface area contributed by atoms with Gasteiger partial charge < -0.3 is 11.5 Å².